The van der Waals surface area contributed by atoms with Gasteiger partial charge in [0.1, 0.15) is 7.11 Å². The first kappa shape index (κ1) is 11.3. The molecule has 88 valence electrons. The number of hydrogen-bond donors (Lipinski definition) is 0. The maximum absolute atomic E-state index is 4.77. The topological polar surface area (TPSA) is 52.3 Å². The van der Waals surface area contributed by atoms with E-state index in [1.165, 1.54) is 7.11 Å². The fraction of sp³-hybridized carbons (Fsp3) is 0.250. The van der Waals surface area contributed by atoms with Gasteiger partial charge in [-0.2, -0.15) is 5.10 Å². The standard InChI is InChI=1S/C12H14N4O/c1-9-12(10(2)15-17-3)8-16(14-9)11-5-4-6-13-7-11/h4-8H,1-3H3/b15-10-. The van der Waals surface area contributed by atoms with E-state index in [9.17, 15) is 0 Å². The lowest BCUT2D eigenvalue weighted by atomic mass is 10.2. The summed E-state index contributed by atoms with van der Waals surface area (Å²) in [7, 11) is 1.53. The van der Waals surface area contributed by atoms with Gasteiger partial charge in [-0.05, 0) is 26.0 Å². The predicted octanol–water partition coefficient (Wildman–Crippen LogP) is 1.95. The maximum Gasteiger partial charge on any atom is 0.106 e. The SMILES string of the molecule is CO/N=C(/C)c1cn(-c2cccnc2)nc1C. The van der Waals surface area contributed by atoms with Crippen LogP contribution in [0.1, 0.15) is 18.2 Å². The molecular weight excluding hydrogens is 216 g/mol. The summed E-state index contributed by atoms with van der Waals surface area (Å²) >= 11 is 0. The summed E-state index contributed by atoms with van der Waals surface area (Å²) in [5.41, 5.74) is 3.61. The van der Waals surface area contributed by atoms with Gasteiger partial charge in [0, 0.05) is 18.0 Å². The Balaban J connectivity index is 2.41. The molecule has 0 aliphatic heterocycles. The third kappa shape index (κ3) is 2.33. The molecule has 0 saturated heterocycles. The summed E-state index contributed by atoms with van der Waals surface area (Å²) < 4.78 is 1.78. The van der Waals surface area contributed by atoms with Gasteiger partial charge in [0.2, 0.25) is 0 Å². The van der Waals surface area contributed by atoms with Crippen LogP contribution < -0.4 is 0 Å². The Bertz CT molecular complexity index is 531. The Labute approximate surface area is 99.7 Å². The monoisotopic (exact) mass is 230 g/mol. The van der Waals surface area contributed by atoms with Crippen LogP contribution in [0.4, 0.5) is 0 Å². The Morgan fingerprint density at radius 2 is 2.29 bits per heavy atom. The van der Waals surface area contributed by atoms with Crippen LogP contribution in [-0.4, -0.2) is 27.6 Å². The van der Waals surface area contributed by atoms with Crippen molar-refractivity contribution in [1.29, 1.82) is 0 Å². The van der Waals surface area contributed by atoms with Crippen LogP contribution in [0.2, 0.25) is 0 Å². The molecule has 0 aromatic carbocycles. The number of aryl methyl sites for hydroxylation is 1. The first-order valence-corrected chi connectivity index (χ1v) is 5.27. The molecule has 0 saturated carbocycles. The van der Waals surface area contributed by atoms with Gasteiger partial charge < -0.3 is 4.84 Å². The van der Waals surface area contributed by atoms with Crippen molar-refractivity contribution in [3.8, 4) is 5.69 Å². The summed E-state index contributed by atoms with van der Waals surface area (Å²) in [5.74, 6) is 0. The van der Waals surface area contributed by atoms with Crippen LogP contribution in [0.3, 0.4) is 0 Å². The van der Waals surface area contributed by atoms with Gasteiger partial charge in [-0.1, -0.05) is 5.16 Å². The maximum atomic E-state index is 4.77. The second-order valence-corrected chi connectivity index (χ2v) is 3.64. The first-order chi connectivity index (χ1) is 8.22. The van der Waals surface area contributed by atoms with Crippen LogP contribution >= 0.6 is 0 Å². The van der Waals surface area contributed by atoms with Gasteiger partial charge in [0.15, 0.2) is 0 Å². The van der Waals surface area contributed by atoms with Crippen LogP contribution in [-0.2, 0) is 4.84 Å². The molecule has 0 atom stereocenters. The minimum atomic E-state index is 0.806. The zero-order valence-corrected chi connectivity index (χ0v) is 10.1. The number of oxime groups is 1. The number of hydrogen-bond acceptors (Lipinski definition) is 4. The molecule has 0 N–H and O–H groups in total. The third-order valence-electron chi connectivity index (χ3n) is 2.43. The quantitative estimate of drug-likeness (QED) is 0.598. The third-order valence-corrected chi connectivity index (χ3v) is 2.43. The Morgan fingerprint density at radius 1 is 1.47 bits per heavy atom. The predicted molar refractivity (Wildman–Crippen MR) is 65.3 cm³/mol. The van der Waals surface area contributed by atoms with E-state index < -0.39 is 0 Å². The smallest absolute Gasteiger partial charge is 0.106 e. The summed E-state index contributed by atoms with van der Waals surface area (Å²) in [5, 5.41) is 8.33. The molecule has 0 unspecified atom stereocenters. The summed E-state index contributed by atoms with van der Waals surface area (Å²) in [6.07, 6.45) is 5.42. The molecule has 0 spiro atoms. The van der Waals surface area contributed by atoms with Crippen molar-refractivity contribution >= 4 is 5.71 Å². The van der Waals surface area contributed by atoms with Crippen molar-refractivity contribution in [3.05, 3.63) is 42.0 Å². The van der Waals surface area contributed by atoms with Crippen LogP contribution in [0, 0.1) is 6.92 Å². The Morgan fingerprint density at radius 3 is 2.94 bits per heavy atom. The van der Waals surface area contributed by atoms with Gasteiger partial charge in [0.25, 0.3) is 0 Å². The highest BCUT2D eigenvalue weighted by atomic mass is 16.6. The second-order valence-electron chi connectivity index (χ2n) is 3.64. The van der Waals surface area contributed by atoms with Crippen molar-refractivity contribution in [2.24, 2.45) is 5.16 Å². The first-order valence-electron chi connectivity index (χ1n) is 5.27. The van der Waals surface area contributed by atoms with E-state index in [2.05, 4.69) is 15.2 Å². The van der Waals surface area contributed by atoms with Gasteiger partial charge in [-0.25, -0.2) is 4.68 Å². The van der Waals surface area contributed by atoms with Crippen molar-refractivity contribution in [3.63, 3.8) is 0 Å². The van der Waals surface area contributed by atoms with E-state index in [0.29, 0.717) is 0 Å². The molecule has 17 heavy (non-hydrogen) atoms. The van der Waals surface area contributed by atoms with Gasteiger partial charge in [-0.3, -0.25) is 4.98 Å². The largest absolute Gasteiger partial charge is 0.399 e. The zero-order chi connectivity index (χ0) is 12.3. The Kier molecular flexibility index (Phi) is 3.18. The second kappa shape index (κ2) is 4.78. The molecule has 0 radical (unpaired) electrons. The van der Waals surface area contributed by atoms with E-state index in [1.807, 2.05) is 32.2 Å². The van der Waals surface area contributed by atoms with E-state index in [4.69, 9.17) is 4.84 Å². The minimum Gasteiger partial charge on any atom is -0.399 e. The molecule has 0 bridgehead atoms. The Hall–Kier alpha value is -2.17. The van der Waals surface area contributed by atoms with Crippen molar-refractivity contribution in [1.82, 2.24) is 14.8 Å². The highest BCUT2D eigenvalue weighted by Crippen LogP contribution is 2.12. The lowest BCUT2D eigenvalue weighted by Gasteiger charge is -1.98. The molecule has 2 aromatic heterocycles. The fourth-order valence-corrected chi connectivity index (χ4v) is 1.62. The van der Waals surface area contributed by atoms with Crippen molar-refractivity contribution in [2.75, 3.05) is 7.11 Å². The van der Waals surface area contributed by atoms with Gasteiger partial charge >= 0.3 is 0 Å². The van der Waals surface area contributed by atoms with Crippen LogP contribution in [0.15, 0.2) is 35.9 Å². The minimum absolute atomic E-state index is 0.806. The number of rotatable bonds is 3. The highest BCUT2D eigenvalue weighted by Gasteiger charge is 2.09. The molecule has 2 rings (SSSR count). The molecule has 0 amide bonds. The molecule has 0 fully saturated rings. The van der Waals surface area contributed by atoms with E-state index in [1.54, 1.807) is 17.1 Å². The molecule has 5 nitrogen and oxygen atoms in total. The number of nitrogens with zero attached hydrogens (tertiary/aromatic N) is 4. The summed E-state index contributed by atoms with van der Waals surface area (Å²) in [6.45, 7) is 3.83. The molecule has 2 heterocycles. The van der Waals surface area contributed by atoms with Crippen molar-refractivity contribution in [2.45, 2.75) is 13.8 Å². The lowest BCUT2D eigenvalue weighted by Crippen LogP contribution is -1.96. The summed E-state index contributed by atoms with van der Waals surface area (Å²) in [4.78, 5) is 8.83. The molecule has 2 aromatic rings. The molecule has 0 aliphatic rings. The number of pyridine rings is 1. The van der Waals surface area contributed by atoms with Gasteiger partial charge in [-0.15, -0.1) is 0 Å². The summed E-state index contributed by atoms with van der Waals surface area (Å²) in [6, 6.07) is 3.83. The van der Waals surface area contributed by atoms with Crippen LogP contribution in [0.25, 0.3) is 5.69 Å². The average Bonchev–Trinajstić information content (AvgIpc) is 2.73. The van der Waals surface area contributed by atoms with E-state index in [0.717, 1.165) is 22.7 Å². The lowest BCUT2D eigenvalue weighted by molar-refractivity contribution is 0.213. The number of aromatic nitrogens is 3. The average molecular weight is 230 g/mol. The zero-order valence-electron chi connectivity index (χ0n) is 10.1. The molecule has 5 heteroatoms. The van der Waals surface area contributed by atoms with Gasteiger partial charge in [0.05, 0.1) is 23.3 Å². The van der Waals surface area contributed by atoms with E-state index >= 15 is 0 Å². The highest BCUT2D eigenvalue weighted by molar-refractivity contribution is 5.99. The fourth-order valence-electron chi connectivity index (χ4n) is 1.62. The van der Waals surface area contributed by atoms with E-state index in [-0.39, 0.29) is 0 Å². The molecular formula is C12H14N4O. The normalized spacial score (nSPS) is 11.6. The molecule has 0 aliphatic carbocycles. The van der Waals surface area contributed by atoms with Crippen molar-refractivity contribution < 1.29 is 4.84 Å². The van der Waals surface area contributed by atoms with Crippen LogP contribution in [0.5, 0.6) is 0 Å².